The van der Waals surface area contributed by atoms with E-state index in [0.29, 0.717) is 16.6 Å². The molecule has 164 valence electrons. The van der Waals surface area contributed by atoms with E-state index in [4.69, 9.17) is 16.3 Å². The second kappa shape index (κ2) is 9.95. The van der Waals surface area contributed by atoms with Gasteiger partial charge in [0, 0.05) is 37.4 Å². The van der Waals surface area contributed by atoms with Crippen molar-refractivity contribution in [1.29, 1.82) is 0 Å². The summed E-state index contributed by atoms with van der Waals surface area (Å²) < 4.78 is 34.3. The maximum Gasteiger partial charge on any atom is 0.240 e. The number of aryl methyl sites for hydroxylation is 1. The van der Waals surface area contributed by atoms with Gasteiger partial charge in [-0.15, -0.1) is 0 Å². The molecule has 0 bridgehead atoms. The highest BCUT2D eigenvalue weighted by atomic mass is 35.5. The van der Waals surface area contributed by atoms with Crippen LogP contribution in [-0.2, 0) is 21.9 Å². The van der Waals surface area contributed by atoms with Gasteiger partial charge in [0.25, 0.3) is 0 Å². The smallest absolute Gasteiger partial charge is 0.240 e. The van der Waals surface area contributed by atoms with Gasteiger partial charge in [0.1, 0.15) is 17.6 Å². The molecule has 0 saturated heterocycles. The molecule has 0 radical (unpaired) electrons. The monoisotopic (exact) mass is 462 g/mol. The predicted octanol–water partition coefficient (Wildman–Crippen LogP) is 2.66. The van der Waals surface area contributed by atoms with Crippen molar-refractivity contribution in [2.75, 3.05) is 13.7 Å². The van der Waals surface area contributed by atoms with Crippen LogP contribution in [0.25, 0.3) is 0 Å². The van der Waals surface area contributed by atoms with E-state index < -0.39 is 16.1 Å². The molecule has 0 aliphatic rings. The number of methoxy groups -OCH3 is 1. The Morgan fingerprint density at radius 3 is 2.68 bits per heavy atom. The van der Waals surface area contributed by atoms with Crippen LogP contribution in [0.4, 0.5) is 0 Å². The molecule has 31 heavy (non-hydrogen) atoms. The molecule has 0 spiro atoms. The molecule has 0 aliphatic heterocycles. The maximum absolute atomic E-state index is 12.6. The van der Waals surface area contributed by atoms with Crippen LogP contribution in [0.3, 0.4) is 0 Å². The minimum atomic E-state index is -3.77. The van der Waals surface area contributed by atoms with Crippen LogP contribution in [-0.4, -0.2) is 37.5 Å². The lowest BCUT2D eigenvalue weighted by atomic mass is 10.1. The molecule has 0 fully saturated rings. The van der Waals surface area contributed by atoms with Gasteiger partial charge in [-0.05, 0) is 35.9 Å². The summed E-state index contributed by atoms with van der Waals surface area (Å²) >= 11 is 5.86. The molecule has 1 heterocycles. The van der Waals surface area contributed by atoms with E-state index in [2.05, 4.69) is 15.0 Å². The van der Waals surface area contributed by atoms with Crippen molar-refractivity contribution in [2.24, 2.45) is 7.05 Å². The minimum absolute atomic E-state index is 0.0441. The summed E-state index contributed by atoms with van der Waals surface area (Å²) in [4.78, 5) is 17.0. The average Bonchev–Trinajstić information content (AvgIpc) is 3.17. The largest absolute Gasteiger partial charge is 0.497 e. The third-order valence-electron chi connectivity index (χ3n) is 4.60. The quantitative estimate of drug-likeness (QED) is 0.509. The first kappa shape index (κ1) is 22.8. The highest BCUT2D eigenvalue weighted by molar-refractivity contribution is 7.89. The van der Waals surface area contributed by atoms with Gasteiger partial charge in [-0.25, -0.2) is 18.1 Å². The number of hydrogen-bond donors (Lipinski definition) is 2. The summed E-state index contributed by atoms with van der Waals surface area (Å²) in [6.45, 7) is -0.0634. The molecule has 0 aliphatic carbocycles. The molecular weight excluding hydrogens is 440 g/mol. The number of imidazole rings is 1. The van der Waals surface area contributed by atoms with Crippen molar-refractivity contribution in [3.05, 3.63) is 77.3 Å². The summed E-state index contributed by atoms with van der Waals surface area (Å²) in [5.74, 6) is 0.964. The second-order valence-corrected chi connectivity index (χ2v) is 8.98. The Morgan fingerprint density at radius 2 is 2.00 bits per heavy atom. The molecule has 3 aromatic rings. The third-order valence-corrected chi connectivity index (χ3v) is 6.29. The van der Waals surface area contributed by atoms with E-state index in [1.165, 1.54) is 12.1 Å². The summed E-state index contributed by atoms with van der Waals surface area (Å²) in [6, 6.07) is 12.7. The molecule has 8 nitrogen and oxygen atoms in total. The molecule has 1 aromatic heterocycles. The van der Waals surface area contributed by atoms with Crippen molar-refractivity contribution in [3.8, 4) is 5.75 Å². The van der Waals surface area contributed by atoms with Gasteiger partial charge in [-0.2, -0.15) is 0 Å². The number of rotatable bonds is 9. The van der Waals surface area contributed by atoms with Crippen molar-refractivity contribution >= 4 is 27.5 Å². The molecular formula is C21H23ClN4O4S. The van der Waals surface area contributed by atoms with Crippen LogP contribution in [0.5, 0.6) is 5.75 Å². The molecule has 2 aromatic carbocycles. The van der Waals surface area contributed by atoms with Crippen LogP contribution in [0.15, 0.2) is 65.8 Å². The van der Waals surface area contributed by atoms with Gasteiger partial charge >= 0.3 is 0 Å². The number of amides is 1. The van der Waals surface area contributed by atoms with E-state index >= 15 is 0 Å². The Kier molecular flexibility index (Phi) is 7.32. The van der Waals surface area contributed by atoms with Gasteiger partial charge in [0.2, 0.25) is 15.9 Å². The third kappa shape index (κ3) is 5.84. The van der Waals surface area contributed by atoms with Crippen molar-refractivity contribution < 1.29 is 17.9 Å². The minimum Gasteiger partial charge on any atom is -0.497 e. The van der Waals surface area contributed by atoms with Crippen LogP contribution < -0.4 is 14.8 Å². The first-order chi connectivity index (χ1) is 14.8. The fraction of sp³-hybridized carbons (Fsp3) is 0.238. The molecule has 0 saturated carbocycles. The number of sulfonamides is 1. The number of ether oxygens (including phenoxy) is 1. The Morgan fingerprint density at radius 1 is 1.23 bits per heavy atom. The first-order valence-electron chi connectivity index (χ1n) is 9.46. The number of hydrogen-bond acceptors (Lipinski definition) is 5. The van der Waals surface area contributed by atoms with E-state index in [1.807, 2.05) is 35.9 Å². The van der Waals surface area contributed by atoms with Crippen LogP contribution in [0.1, 0.15) is 23.9 Å². The Balaban J connectivity index is 1.69. The Hall–Kier alpha value is -2.88. The van der Waals surface area contributed by atoms with E-state index in [-0.39, 0.29) is 23.8 Å². The summed E-state index contributed by atoms with van der Waals surface area (Å²) in [5.41, 5.74) is 0.793. The fourth-order valence-electron chi connectivity index (χ4n) is 3.02. The highest BCUT2D eigenvalue weighted by Gasteiger charge is 2.22. The summed E-state index contributed by atoms with van der Waals surface area (Å²) in [5, 5.41) is 3.25. The number of halogens is 1. The normalized spacial score (nSPS) is 12.4. The van der Waals surface area contributed by atoms with Gasteiger partial charge in [-0.1, -0.05) is 29.8 Å². The van der Waals surface area contributed by atoms with Crippen molar-refractivity contribution in [3.63, 3.8) is 0 Å². The highest BCUT2D eigenvalue weighted by Crippen LogP contribution is 2.24. The molecule has 3 rings (SSSR count). The van der Waals surface area contributed by atoms with Gasteiger partial charge in [0.05, 0.1) is 12.0 Å². The number of nitrogens with one attached hydrogen (secondary N) is 2. The lowest BCUT2D eigenvalue weighted by Crippen LogP contribution is -2.34. The van der Waals surface area contributed by atoms with E-state index in [0.717, 1.165) is 5.56 Å². The lowest BCUT2D eigenvalue weighted by molar-refractivity contribution is -0.121. The Bertz CT molecular complexity index is 1160. The zero-order chi connectivity index (χ0) is 22.4. The Labute approximate surface area is 186 Å². The first-order valence-corrected chi connectivity index (χ1v) is 11.3. The standard InChI is InChI=1S/C21H23ClN4O4S/c1-26-12-11-23-21(26)20(15-5-3-7-17(13-15)30-2)25-19(27)9-10-24-31(28,29)18-8-4-6-16(22)14-18/h3-8,11-14,20,24H,9-10H2,1-2H3,(H,25,27). The number of aromatic nitrogens is 2. The van der Waals surface area contributed by atoms with Gasteiger partial charge < -0.3 is 14.6 Å². The van der Waals surface area contributed by atoms with Crippen LogP contribution in [0, 0.1) is 0 Å². The number of carbonyl (C=O) groups is 1. The predicted molar refractivity (Wildman–Crippen MR) is 117 cm³/mol. The van der Waals surface area contributed by atoms with E-state index in [1.54, 1.807) is 31.6 Å². The maximum atomic E-state index is 12.6. The van der Waals surface area contributed by atoms with Crippen molar-refractivity contribution in [1.82, 2.24) is 19.6 Å². The molecule has 1 amide bonds. The number of benzene rings is 2. The fourth-order valence-corrected chi connectivity index (χ4v) is 4.36. The van der Waals surface area contributed by atoms with Gasteiger partial charge in [-0.3, -0.25) is 4.79 Å². The number of carbonyl (C=O) groups excluding carboxylic acids is 1. The van der Waals surface area contributed by atoms with Gasteiger partial charge in [0.15, 0.2) is 0 Å². The van der Waals surface area contributed by atoms with E-state index in [9.17, 15) is 13.2 Å². The second-order valence-electron chi connectivity index (χ2n) is 6.78. The molecule has 1 atom stereocenters. The average molecular weight is 463 g/mol. The van der Waals surface area contributed by atoms with Crippen molar-refractivity contribution in [2.45, 2.75) is 17.4 Å². The molecule has 2 N–H and O–H groups in total. The summed E-state index contributed by atoms with van der Waals surface area (Å²) in [7, 11) is -0.362. The van der Waals surface area contributed by atoms with Crippen LogP contribution in [0.2, 0.25) is 5.02 Å². The topological polar surface area (TPSA) is 102 Å². The zero-order valence-electron chi connectivity index (χ0n) is 17.1. The SMILES string of the molecule is COc1cccc(C(NC(=O)CCNS(=O)(=O)c2cccc(Cl)c2)c2nccn2C)c1. The van der Waals surface area contributed by atoms with Crippen LogP contribution >= 0.6 is 11.6 Å². The number of nitrogens with zero attached hydrogens (tertiary/aromatic N) is 2. The lowest BCUT2D eigenvalue weighted by Gasteiger charge is -2.20. The molecule has 10 heteroatoms. The molecule has 1 unspecified atom stereocenters. The summed E-state index contributed by atoms with van der Waals surface area (Å²) in [6.07, 6.45) is 3.38. The zero-order valence-corrected chi connectivity index (χ0v) is 18.7.